The number of rotatable bonds is 4. The highest BCUT2D eigenvalue weighted by Gasteiger charge is 2.58. The van der Waals surface area contributed by atoms with Crippen LogP contribution >= 0.6 is 0 Å². The van der Waals surface area contributed by atoms with E-state index in [4.69, 9.17) is 28.1 Å². The lowest BCUT2D eigenvalue weighted by atomic mass is 9.89. The fraction of sp³-hybridized carbons (Fsp3) is 0.360. The maximum atomic E-state index is 12.8. The number of ether oxygens (including phenoxy) is 5. The summed E-state index contributed by atoms with van der Waals surface area (Å²) in [7, 11) is 1.53. The van der Waals surface area contributed by atoms with E-state index in [2.05, 4.69) is 0 Å². The first kappa shape index (κ1) is 21.5. The van der Waals surface area contributed by atoms with Crippen LogP contribution in [0.25, 0.3) is 22.1 Å². The van der Waals surface area contributed by atoms with E-state index in [-0.39, 0.29) is 0 Å². The molecule has 2 aliphatic heterocycles. The fourth-order valence-corrected chi connectivity index (χ4v) is 4.65. The van der Waals surface area contributed by atoms with E-state index in [1.54, 1.807) is 12.1 Å². The van der Waals surface area contributed by atoms with Crippen molar-refractivity contribution in [3.8, 4) is 16.9 Å². The topological polar surface area (TPSA) is 93.4 Å². The van der Waals surface area contributed by atoms with Crippen molar-refractivity contribution >= 4 is 17.1 Å². The molecule has 0 spiro atoms. The summed E-state index contributed by atoms with van der Waals surface area (Å²) >= 11 is 0. The average molecular weight is 452 g/mol. The van der Waals surface area contributed by atoms with Gasteiger partial charge in [0.25, 0.3) is 0 Å². The molecule has 3 aromatic rings. The number of fused-ring (bicyclic) bond motifs is 2. The molecule has 2 unspecified atom stereocenters. The normalized spacial score (nSPS) is 25.9. The fourth-order valence-electron chi connectivity index (χ4n) is 4.65. The number of carbonyl (C=O) groups excluding carboxylic acids is 1. The highest BCUT2D eigenvalue weighted by Crippen LogP contribution is 2.39. The van der Waals surface area contributed by atoms with Gasteiger partial charge in [-0.2, -0.15) is 0 Å². The molecule has 2 fully saturated rings. The molecule has 33 heavy (non-hydrogen) atoms. The Hall–Kier alpha value is -3.36. The summed E-state index contributed by atoms with van der Waals surface area (Å²) in [6.07, 6.45) is -3.74. The Bertz CT molecular complexity index is 1260. The molecule has 2 saturated heterocycles. The van der Waals surface area contributed by atoms with Gasteiger partial charge in [-0.3, -0.25) is 0 Å². The minimum absolute atomic E-state index is 0.385. The molecule has 172 valence electrons. The lowest BCUT2D eigenvalue weighted by Crippen LogP contribution is -2.62. The monoisotopic (exact) mass is 452 g/mol. The molecule has 8 heteroatoms. The number of carbonyl (C=O) groups is 1. The van der Waals surface area contributed by atoms with Crippen LogP contribution in [0.4, 0.5) is 4.79 Å². The average Bonchev–Trinajstić information content (AvgIpc) is 3.15. The summed E-state index contributed by atoms with van der Waals surface area (Å²) in [5.74, 6) is 0.399. The molecule has 5 rings (SSSR count). The highest BCUT2D eigenvalue weighted by atomic mass is 16.8. The summed E-state index contributed by atoms with van der Waals surface area (Å²) in [6, 6.07) is 14.6. The van der Waals surface area contributed by atoms with Crippen molar-refractivity contribution in [2.45, 2.75) is 51.0 Å². The Kier molecular flexibility index (Phi) is 5.14. The standard InChI is InChI=1S/C25H24O8/c1-13-16-11-10-15(12-17(16)30-22(26)18(13)14-8-6-5-7-9-14)29-23-20-19(31-24(27)32-20)21(28-4)25(2,3)33-23/h5-12,19-21,23H,1-4H3/t19-,20?,21?,23-/m1/s1. The SMILES string of the molecule is COC1[C@@H]2OC(=O)OC2[C@H](Oc2ccc3c(C)c(-c4ccccc4)c(=O)oc3c2)OC1(C)C. The van der Waals surface area contributed by atoms with Crippen molar-refractivity contribution in [1.82, 2.24) is 0 Å². The Morgan fingerprint density at radius 1 is 0.970 bits per heavy atom. The second kappa shape index (κ2) is 7.90. The maximum absolute atomic E-state index is 12.8. The lowest BCUT2D eigenvalue weighted by Gasteiger charge is -2.45. The van der Waals surface area contributed by atoms with Crippen molar-refractivity contribution in [3.05, 3.63) is 64.5 Å². The van der Waals surface area contributed by atoms with Crippen LogP contribution in [0.1, 0.15) is 19.4 Å². The highest BCUT2D eigenvalue weighted by molar-refractivity contribution is 5.87. The van der Waals surface area contributed by atoms with Crippen molar-refractivity contribution in [3.63, 3.8) is 0 Å². The summed E-state index contributed by atoms with van der Waals surface area (Å²) in [5.41, 5.74) is 1.28. The van der Waals surface area contributed by atoms with Crippen LogP contribution in [0.2, 0.25) is 0 Å². The minimum Gasteiger partial charge on any atom is -0.461 e. The van der Waals surface area contributed by atoms with Gasteiger partial charge in [0.15, 0.2) is 6.10 Å². The zero-order valence-corrected chi connectivity index (χ0v) is 18.7. The van der Waals surface area contributed by atoms with Crippen LogP contribution in [0.15, 0.2) is 57.7 Å². The Labute approximate surface area is 190 Å². The smallest absolute Gasteiger partial charge is 0.461 e. The zero-order chi connectivity index (χ0) is 23.3. The van der Waals surface area contributed by atoms with Crippen molar-refractivity contribution in [1.29, 1.82) is 0 Å². The van der Waals surface area contributed by atoms with Crippen molar-refractivity contribution < 1.29 is 32.9 Å². The predicted molar refractivity (Wildman–Crippen MR) is 118 cm³/mol. The number of hydrogen-bond donors (Lipinski definition) is 0. The van der Waals surface area contributed by atoms with Crippen LogP contribution < -0.4 is 10.4 Å². The van der Waals surface area contributed by atoms with Crippen LogP contribution in [-0.4, -0.2) is 43.5 Å². The van der Waals surface area contributed by atoms with E-state index in [1.165, 1.54) is 7.11 Å². The molecule has 8 nitrogen and oxygen atoms in total. The number of benzene rings is 2. The maximum Gasteiger partial charge on any atom is 0.509 e. The second-order valence-electron chi connectivity index (χ2n) is 8.69. The van der Waals surface area contributed by atoms with Gasteiger partial charge in [-0.05, 0) is 44.0 Å². The third-order valence-electron chi connectivity index (χ3n) is 6.17. The summed E-state index contributed by atoms with van der Waals surface area (Å²) < 4.78 is 33.9. The van der Waals surface area contributed by atoms with Gasteiger partial charge < -0.3 is 28.1 Å². The summed E-state index contributed by atoms with van der Waals surface area (Å²) in [4.78, 5) is 24.6. The molecular formula is C25H24O8. The van der Waals surface area contributed by atoms with Gasteiger partial charge in [0.05, 0.1) is 11.2 Å². The second-order valence-corrected chi connectivity index (χ2v) is 8.69. The molecule has 4 atom stereocenters. The largest absolute Gasteiger partial charge is 0.509 e. The molecule has 0 bridgehead atoms. The molecule has 0 radical (unpaired) electrons. The van der Waals surface area contributed by atoms with E-state index in [9.17, 15) is 9.59 Å². The van der Waals surface area contributed by atoms with Gasteiger partial charge in [0.1, 0.15) is 17.4 Å². The third-order valence-corrected chi connectivity index (χ3v) is 6.17. The quantitative estimate of drug-likeness (QED) is 0.430. The van der Waals surface area contributed by atoms with E-state index < -0.39 is 42.0 Å². The molecule has 3 heterocycles. The van der Waals surface area contributed by atoms with Crippen molar-refractivity contribution in [2.24, 2.45) is 0 Å². The summed E-state index contributed by atoms with van der Waals surface area (Å²) in [5, 5.41) is 0.790. The first-order chi connectivity index (χ1) is 15.8. The molecule has 0 saturated carbocycles. The van der Waals surface area contributed by atoms with Crippen LogP contribution in [0.3, 0.4) is 0 Å². The molecule has 0 N–H and O–H groups in total. The molecule has 1 aromatic heterocycles. The van der Waals surface area contributed by atoms with Gasteiger partial charge in [-0.25, -0.2) is 9.59 Å². The predicted octanol–water partition coefficient (Wildman–Crippen LogP) is 4.20. The van der Waals surface area contributed by atoms with Gasteiger partial charge in [-0.1, -0.05) is 30.3 Å². The molecule has 0 aliphatic carbocycles. The number of methoxy groups -OCH3 is 1. The van der Waals surface area contributed by atoms with Gasteiger partial charge in [0, 0.05) is 18.6 Å². The third kappa shape index (κ3) is 3.65. The minimum atomic E-state index is -0.934. The van der Waals surface area contributed by atoms with E-state index in [1.807, 2.05) is 57.2 Å². The number of hydrogen-bond acceptors (Lipinski definition) is 8. The van der Waals surface area contributed by atoms with Crippen LogP contribution in [0.5, 0.6) is 5.75 Å². The zero-order valence-electron chi connectivity index (χ0n) is 18.7. The lowest BCUT2D eigenvalue weighted by molar-refractivity contribution is -0.282. The van der Waals surface area contributed by atoms with E-state index >= 15 is 0 Å². The Morgan fingerprint density at radius 3 is 2.42 bits per heavy atom. The first-order valence-corrected chi connectivity index (χ1v) is 10.7. The molecule has 0 amide bonds. The van der Waals surface area contributed by atoms with Crippen molar-refractivity contribution in [2.75, 3.05) is 7.11 Å². The van der Waals surface area contributed by atoms with Crippen LogP contribution in [-0.2, 0) is 18.9 Å². The Morgan fingerprint density at radius 2 is 1.70 bits per heavy atom. The summed E-state index contributed by atoms with van der Waals surface area (Å²) in [6.45, 7) is 5.54. The van der Waals surface area contributed by atoms with Crippen LogP contribution in [0, 0.1) is 6.92 Å². The van der Waals surface area contributed by atoms with Gasteiger partial charge in [-0.15, -0.1) is 0 Å². The van der Waals surface area contributed by atoms with Gasteiger partial charge in [0.2, 0.25) is 12.4 Å². The first-order valence-electron chi connectivity index (χ1n) is 10.7. The molecular weight excluding hydrogens is 428 g/mol. The number of aryl methyl sites for hydroxylation is 1. The van der Waals surface area contributed by atoms with Gasteiger partial charge >= 0.3 is 11.8 Å². The van der Waals surface area contributed by atoms with E-state index in [0.29, 0.717) is 16.9 Å². The Balaban J connectivity index is 1.49. The molecule has 2 aliphatic rings. The van der Waals surface area contributed by atoms with E-state index in [0.717, 1.165) is 16.5 Å². The molecule has 2 aromatic carbocycles.